The number of sulfonamides is 2. The van der Waals surface area contributed by atoms with Crippen LogP contribution in [0.5, 0.6) is 0 Å². The number of carboxylic acid groups (broad SMARTS) is 1. The fourth-order valence-corrected chi connectivity index (χ4v) is 8.47. The van der Waals surface area contributed by atoms with Gasteiger partial charge in [-0.1, -0.05) is 81.7 Å². The van der Waals surface area contributed by atoms with Gasteiger partial charge in [-0.05, 0) is 84.9 Å². The number of carbonyl (C=O) groups is 2. The lowest BCUT2D eigenvalue weighted by molar-refractivity contribution is -0.138. The van der Waals surface area contributed by atoms with Gasteiger partial charge in [0, 0.05) is 47.9 Å². The summed E-state index contributed by atoms with van der Waals surface area (Å²) in [4.78, 5) is 31.2. The molecule has 13 nitrogen and oxygen atoms in total. The second-order valence-corrected chi connectivity index (χ2v) is 18.9. The number of carboxylic acids is 1. The number of amides is 1. The lowest BCUT2D eigenvalue weighted by Crippen LogP contribution is -2.28. The molecular weight excluding hydrogens is 1070 g/mol. The van der Waals surface area contributed by atoms with Crippen LogP contribution < -0.4 is 19.7 Å². The van der Waals surface area contributed by atoms with Crippen molar-refractivity contribution in [1.29, 1.82) is 0 Å². The Labute approximate surface area is 407 Å². The summed E-state index contributed by atoms with van der Waals surface area (Å²) in [5.74, 6) is -2.28. The number of pyridine rings is 2. The summed E-state index contributed by atoms with van der Waals surface area (Å²) in [5, 5.41) is 11.7. The van der Waals surface area contributed by atoms with E-state index in [1.165, 1.54) is 18.0 Å². The first-order chi connectivity index (χ1) is 31.0. The molecule has 6 aromatic rings. The molecule has 356 valence electrons. The number of hydrogen-bond acceptors (Lipinski definition) is 9. The Morgan fingerprint density at radius 1 is 0.597 bits per heavy atom. The van der Waals surface area contributed by atoms with Crippen LogP contribution >= 0.6 is 69.6 Å². The maximum absolute atomic E-state index is 13.2. The molecule has 27 heteroatoms. The lowest BCUT2D eigenvalue weighted by atomic mass is 10.2. The molecule has 0 saturated heterocycles. The van der Waals surface area contributed by atoms with Crippen LogP contribution in [0.3, 0.4) is 0 Å². The minimum atomic E-state index is -4.87. The predicted octanol–water partition coefficient (Wildman–Crippen LogP) is 12.4. The number of alkyl halides is 6. The van der Waals surface area contributed by atoms with E-state index in [2.05, 4.69) is 20.0 Å². The number of aromatic carboxylic acids is 1. The summed E-state index contributed by atoms with van der Waals surface area (Å²) >= 11 is 34.2. The fourth-order valence-electron chi connectivity index (χ4n) is 5.16. The Bertz CT molecular complexity index is 3050. The quantitative estimate of drug-likeness (QED) is 0.0961. The zero-order valence-corrected chi connectivity index (χ0v) is 39.7. The summed E-state index contributed by atoms with van der Waals surface area (Å²) in [7, 11) is -5.86. The van der Waals surface area contributed by atoms with E-state index in [0.29, 0.717) is 22.8 Å². The molecule has 0 spiro atoms. The average Bonchev–Trinajstić information content (AvgIpc) is 3.22. The molecule has 4 N–H and O–H groups in total. The number of nitrogens with zero attached hydrogens (tertiary/aromatic N) is 3. The molecule has 2 aromatic heterocycles. The number of benzene rings is 4. The van der Waals surface area contributed by atoms with Gasteiger partial charge in [-0.25, -0.2) is 31.6 Å². The third-order valence-corrected chi connectivity index (χ3v) is 12.6. The summed E-state index contributed by atoms with van der Waals surface area (Å²) in [5.41, 5.74) is -3.07. The van der Waals surface area contributed by atoms with Crippen molar-refractivity contribution in [2.75, 3.05) is 33.8 Å². The highest BCUT2D eigenvalue weighted by Crippen LogP contribution is 2.38. The van der Waals surface area contributed by atoms with Crippen molar-refractivity contribution in [3.63, 3.8) is 0 Å². The van der Waals surface area contributed by atoms with E-state index < -0.39 is 86.6 Å². The van der Waals surface area contributed by atoms with E-state index in [-0.39, 0.29) is 21.4 Å². The molecule has 0 aliphatic heterocycles. The van der Waals surface area contributed by atoms with E-state index >= 15 is 0 Å². The first-order valence-corrected chi connectivity index (χ1v) is 23.1. The monoisotopic (exact) mass is 1090 g/mol. The molecule has 0 unspecified atom stereocenters. The number of rotatable bonds is 10. The molecule has 0 radical (unpaired) electrons. The van der Waals surface area contributed by atoms with Gasteiger partial charge in [0.15, 0.2) is 11.4 Å². The van der Waals surface area contributed by atoms with Crippen LogP contribution in [0.2, 0.25) is 30.1 Å². The van der Waals surface area contributed by atoms with E-state index in [4.69, 9.17) is 74.7 Å². The van der Waals surface area contributed by atoms with Crippen LogP contribution in [-0.4, -0.2) is 57.9 Å². The number of nitrogens with one attached hydrogen (secondary N) is 3. The molecule has 2 heterocycles. The van der Waals surface area contributed by atoms with Gasteiger partial charge in [0.25, 0.3) is 26.0 Å². The number of hydrogen-bond donors (Lipinski definition) is 4. The molecule has 0 atom stereocenters. The Morgan fingerprint density at radius 2 is 1.03 bits per heavy atom. The van der Waals surface area contributed by atoms with E-state index in [9.17, 15) is 52.8 Å². The Morgan fingerprint density at radius 3 is 1.43 bits per heavy atom. The van der Waals surface area contributed by atoms with Gasteiger partial charge < -0.3 is 15.3 Å². The van der Waals surface area contributed by atoms with Crippen molar-refractivity contribution >= 4 is 124 Å². The summed E-state index contributed by atoms with van der Waals surface area (Å²) < 4.78 is 132. The Balaban J connectivity index is 0.000000253. The highest BCUT2D eigenvalue weighted by molar-refractivity contribution is 7.93. The van der Waals surface area contributed by atoms with Crippen LogP contribution in [0.4, 0.5) is 49.1 Å². The largest absolute Gasteiger partial charge is 0.476 e. The van der Waals surface area contributed by atoms with Gasteiger partial charge in [-0.3, -0.25) is 14.2 Å². The van der Waals surface area contributed by atoms with Crippen molar-refractivity contribution in [3.05, 3.63) is 162 Å². The van der Waals surface area contributed by atoms with Crippen LogP contribution in [0.15, 0.2) is 119 Å². The smallest absolute Gasteiger partial charge is 0.417 e. The minimum Gasteiger partial charge on any atom is -0.476 e. The first-order valence-electron chi connectivity index (χ1n) is 17.8. The van der Waals surface area contributed by atoms with Gasteiger partial charge in [0.05, 0.1) is 52.4 Å². The molecule has 6 rings (SSSR count). The highest BCUT2D eigenvalue weighted by atomic mass is 35.5. The van der Waals surface area contributed by atoms with E-state index in [1.54, 1.807) is 18.2 Å². The molecule has 0 aliphatic carbocycles. The van der Waals surface area contributed by atoms with Crippen LogP contribution in [0, 0.1) is 0 Å². The summed E-state index contributed by atoms with van der Waals surface area (Å²) in [6, 6.07) is 20.1. The van der Waals surface area contributed by atoms with Crippen LogP contribution in [0.25, 0.3) is 0 Å². The maximum Gasteiger partial charge on any atom is 0.417 e. The number of anilines is 4. The van der Waals surface area contributed by atoms with Crippen LogP contribution in [-0.2, 0) is 32.4 Å². The van der Waals surface area contributed by atoms with Gasteiger partial charge in [-0.2, -0.15) is 26.3 Å². The molecular formula is C40H28Cl6F6N6O7S2. The normalized spacial score (nSPS) is 11.6. The first kappa shape index (κ1) is 54.3. The van der Waals surface area contributed by atoms with E-state index in [1.807, 2.05) is 36.0 Å². The van der Waals surface area contributed by atoms with Gasteiger partial charge >= 0.3 is 18.3 Å². The third kappa shape index (κ3) is 14.9. The zero-order chi connectivity index (χ0) is 50.2. The van der Waals surface area contributed by atoms with Gasteiger partial charge in [0.2, 0.25) is 0 Å². The average molecular weight is 1100 g/mol. The van der Waals surface area contributed by atoms with Crippen molar-refractivity contribution in [2.45, 2.75) is 22.1 Å². The molecule has 67 heavy (non-hydrogen) atoms. The number of carbonyl (C=O) groups excluding carboxylic acids is 1. The second kappa shape index (κ2) is 22.2. The van der Waals surface area contributed by atoms with Crippen molar-refractivity contribution in [2.24, 2.45) is 0 Å². The Kier molecular flexibility index (Phi) is 18.0. The molecule has 0 bridgehead atoms. The maximum atomic E-state index is 13.2. The molecule has 0 aliphatic rings. The topological polar surface area (TPSA) is 188 Å². The molecule has 4 aromatic carbocycles. The fraction of sp³-hybridized carbons (Fsp3) is 0.100. The van der Waals surface area contributed by atoms with Crippen molar-refractivity contribution in [1.82, 2.24) is 9.97 Å². The number of aromatic nitrogens is 2. The Hall–Kier alpha value is -5.26. The van der Waals surface area contributed by atoms with Crippen LogP contribution in [0.1, 0.15) is 32.1 Å². The predicted molar refractivity (Wildman–Crippen MR) is 245 cm³/mol. The second-order valence-electron chi connectivity index (χ2n) is 13.0. The summed E-state index contributed by atoms with van der Waals surface area (Å²) in [6.07, 6.45) is -7.64. The SMILES string of the molecule is CN(C(=O)c1ncc(Cl)cc1NS(=O)(=O)c1ccc(Cl)c(C(F)(F)F)c1)c1cccc(Cl)c1.CNc1cccc(Cl)c1.O=C(O)c1ncc(Cl)cc1NS(=O)(=O)c1ccc(Cl)c(C(F)(F)F)c1. The summed E-state index contributed by atoms with van der Waals surface area (Å²) in [6.45, 7) is 0. The zero-order valence-electron chi connectivity index (χ0n) is 33.5. The molecule has 1 amide bonds. The van der Waals surface area contributed by atoms with E-state index in [0.717, 1.165) is 59.5 Å². The van der Waals surface area contributed by atoms with Gasteiger partial charge in [0.1, 0.15) is 0 Å². The minimum absolute atomic E-state index is 0.0123. The lowest BCUT2D eigenvalue weighted by Gasteiger charge is -2.19. The highest BCUT2D eigenvalue weighted by Gasteiger charge is 2.36. The van der Waals surface area contributed by atoms with Gasteiger partial charge in [-0.15, -0.1) is 0 Å². The van der Waals surface area contributed by atoms with Crippen molar-refractivity contribution < 1.29 is 57.9 Å². The number of halogens is 12. The van der Waals surface area contributed by atoms with Crippen molar-refractivity contribution in [3.8, 4) is 0 Å². The molecule has 0 saturated carbocycles. The third-order valence-electron chi connectivity index (χ3n) is 8.32. The standard InChI is InChI=1S/C20H13Cl3F3N3O3S.C13H7Cl2F3N2O4S.C7H8ClN/c1-29(13-4-2-3-11(21)7-13)19(30)18-17(8-12(22)10-27-18)28-33(31,32)14-5-6-16(23)15(9-14)20(24,25)26;14-6-3-10(11(12(21)22)19-5-6)20-25(23,24)7-1-2-9(15)8(4-7)13(16,17)18;1-9-7-4-2-3-6(8)5-7/h2-10,28H,1H3;1-5,20H,(H,21,22);2-5,9H,1H3. The molecule has 0 fully saturated rings.